The van der Waals surface area contributed by atoms with Crippen LogP contribution in [0.2, 0.25) is 0 Å². The number of benzene rings is 2. The zero-order chi connectivity index (χ0) is 22.2. The first-order valence-electron chi connectivity index (χ1n) is 11.2. The van der Waals surface area contributed by atoms with Crippen molar-refractivity contribution >= 4 is 29.9 Å². The van der Waals surface area contributed by atoms with Crippen LogP contribution in [-0.2, 0) is 13.1 Å². The van der Waals surface area contributed by atoms with Crippen LogP contribution in [0, 0.1) is 5.82 Å². The van der Waals surface area contributed by atoms with E-state index in [4.69, 9.17) is 4.99 Å². The summed E-state index contributed by atoms with van der Waals surface area (Å²) < 4.78 is 13.1. The molecule has 3 N–H and O–H groups in total. The SMILES string of the molecule is CCNC(=NCc1cccc(-c2ncn[nH]2)c1)NC1CCN(Cc2ccc(F)cc2)CC1.I. The van der Waals surface area contributed by atoms with Crippen LogP contribution in [0.1, 0.15) is 30.9 Å². The molecule has 1 aromatic heterocycles. The molecule has 2 aromatic carbocycles. The van der Waals surface area contributed by atoms with Gasteiger partial charge in [0.25, 0.3) is 0 Å². The monoisotopic (exact) mass is 563 g/mol. The number of rotatable bonds is 7. The number of aliphatic imine (C=N–C) groups is 1. The summed E-state index contributed by atoms with van der Waals surface area (Å²) in [7, 11) is 0. The third-order valence-electron chi connectivity index (χ3n) is 5.63. The second kappa shape index (κ2) is 12.6. The second-order valence-electron chi connectivity index (χ2n) is 8.05. The Balaban J connectivity index is 0.00000306. The van der Waals surface area contributed by atoms with Crippen LogP contribution >= 0.6 is 24.0 Å². The largest absolute Gasteiger partial charge is 0.357 e. The van der Waals surface area contributed by atoms with Crippen LogP contribution in [-0.4, -0.2) is 51.7 Å². The zero-order valence-corrected chi connectivity index (χ0v) is 21.1. The maximum absolute atomic E-state index is 13.1. The summed E-state index contributed by atoms with van der Waals surface area (Å²) in [4.78, 5) is 11.4. The summed E-state index contributed by atoms with van der Waals surface area (Å²) in [5.74, 6) is 1.42. The van der Waals surface area contributed by atoms with Gasteiger partial charge in [0.2, 0.25) is 0 Å². The normalized spacial score (nSPS) is 15.2. The molecule has 0 radical (unpaired) electrons. The van der Waals surface area contributed by atoms with Crippen molar-refractivity contribution in [1.29, 1.82) is 0 Å². The summed E-state index contributed by atoms with van der Waals surface area (Å²) >= 11 is 0. The molecule has 0 aliphatic carbocycles. The lowest BCUT2D eigenvalue weighted by Crippen LogP contribution is -2.48. The van der Waals surface area contributed by atoms with E-state index in [1.54, 1.807) is 0 Å². The fourth-order valence-electron chi connectivity index (χ4n) is 3.93. The highest BCUT2D eigenvalue weighted by Crippen LogP contribution is 2.17. The molecule has 1 fully saturated rings. The van der Waals surface area contributed by atoms with Crippen molar-refractivity contribution in [3.8, 4) is 11.4 Å². The van der Waals surface area contributed by atoms with Crippen LogP contribution in [0.15, 0.2) is 59.9 Å². The number of halogens is 2. The molecule has 0 unspecified atom stereocenters. The average molecular weight is 563 g/mol. The lowest BCUT2D eigenvalue weighted by atomic mass is 10.0. The smallest absolute Gasteiger partial charge is 0.191 e. The van der Waals surface area contributed by atoms with E-state index in [0.717, 1.165) is 67.5 Å². The molecule has 0 atom stereocenters. The first-order chi connectivity index (χ1) is 15.7. The van der Waals surface area contributed by atoms with Gasteiger partial charge in [-0.25, -0.2) is 14.4 Å². The Morgan fingerprint density at radius 2 is 1.94 bits per heavy atom. The minimum atomic E-state index is -0.184. The minimum absolute atomic E-state index is 0. The number of aromatic nitrogens is 3. The molecule has 1 saturated heterocycles. The van der Waals surface area contributed by atoms with Gasteiger partial charge in [-0.15, -0.1) is 24.0 Å². The van der Waals surface area contributed by atoms with Gasteiger partial charge in [0.15, 0.2) is 11.8 Å². The quantitative estimate of drug-likeness (QED) is 0.231. The average Bonchev–Trinajstić information content (AvgIpc) is 3.36. The van der Waals surface area contributed by atoms with Gasteiger partial charge in [-0.2, -0.15) is 5.10 Å². The third-order valence-corrected chi connectivity index (χ3v) is 5.63. The Morgan fingerprint density at radius 1 is 1.15 bits per heavy atom. The molecule has 1 aliphatic rings. The first-order valence-corrected chi connectivity index (χ1v) is 11.2. The van der Waals surface area contributed by atoms with Crippen molar-refractivity contribution < 1.29 is 4.39 Å². The van der Waals surface area contributed by atoms with E-state index in [0.29, 0.717) is 12.6 Å². The third kappa shape index (κ3) is 7.50. The molecule has 4 rings (SSSR count). The van der Waals surface area contributed by atoms with Crippen LogP contribution in [0.5, 0.6) is 0 Å². The topological polar surface area (TPSA) is 81.2 Å². The highest BCUT2D eigenvalue weighted by Gasteiger charge is 2.20. The lowest BCUT2D eigenvalue weighted by molar-refractivity contribution is 0.198. The Morgan fingerprint density at radius 3 is 2.64 bits per heavy atom. The summed E-state index contributed by atoms with van der Waals surface area (Å²) in [5, 5.41) is 13.8. The lowest BCUT2D eigenvalue weighted by Gasteiger charge is -2.33. The van der Waals surface area contributed by atoms with Crippen LogP contribution < -0.4 is 10.6 Å². The number of H-pyrrole nitrogens is 1. The highest BCUT2D eigenvalue weighted by molar-refractivity contribution is 14.0. The van der Waals surface area contributed by atoms with Crippen molar-refractivity contribution in [2.45, 2.75) is 38.9 Å². The van der Waals surface area contributed by atoms with Crippen molar-refractivity contribution in [3.63, 3.8) is 0 Å². The number of likely N-dealkylation sites (tertiary alicyclic amines) is 1. The van der Waals surface area contributed by atoms with Gasteiger partial charge >= 0.3 is 0 Å². The first kappa shape index (κ1) is 25.1. The molecule has 0 saturated carbocycles. The van der Waals surface area contributed by atoms with E-state index in [1.165, 1.54) is 18.5 Å². The molecule has 9 heteroatoms. The number of nitrogens with zero attached hydrogens (tertiary/aromatic N) is 4. The molecule has 2 heterocycles. The predicted molar refractivity (Wildman–Crippen MR) is 140 cm³/mol. The van der Waals surface area contributed by atoms with E-state index in [2.05, 4.69) is 49.8 Å². The number of hydrogen-bond acceptors (Lipinski definition) is 4. The molecule has 176 valence electrons. The van der Waals surface area contributed by atoms with E-state index >= 15 is 0 Å². The van der Waals surface area contributed by atoms with Crippen molar-refractivity contribution in [2.24, 2.45) is 4.99 Å². The Bertz CT molecular complexity index is 1000. The van der Waals surface area contributed by atoms with E-state index in [-0.39, 0.29) is 29.8 Å². The fraction of sp³-hybridized carbons (Fsp3) is 0.375. The van der Waals surface area contributed by atoms with Gasteiger partial charge in [-0.1, -0.05) is 30.3 Å². The molecule has 0 bridgehead atoms. The van der Waals surface area contributed by atoms with Crippen molar-refractivity contribution in [3.05, 3.63) is 71.8 Å². The molecule has 1 aliphatic heterocycles. The Kier molecular flexibility index (Phi) is 9.61. The predicted octanol–water partition coefficient (Wildman–Crippen LogP) is 3.95. The number of piperidine rings is 1. The van der Waals surface area contributed by atoms with Crippen molar-refractivity contribution in [2.75, 3.05) is 19.6 Å². The molecular weight excluding hydrogens is 532 g/mol. The van der Waals surface area contributed by atoms with Gasteiger partial charge in [0.1, 0.15) is 12.1 Å². The van der Waals surface area contributed by atoms with Crippen molar-refractivity contribution in [1.82, 2.24) is 30.7 Å². The van der Waals surface area contributed by atoms with Crippen LogP contribution in [0.4, 0.5) is 4.39 Å². The maximum Gasteiger partial charge on any atom is 0.191 e. The number of guanidine groups is 1. The molecular formula is C24H31FIN7. The maximum atomic E-state index is 13.1. The molecule has 33 heavy (non-hydrogen) atoms. The summed E-state index contributed by atoms with van der Waals surface area (Å²) in [6.07, 6.45) is 3.61. The van der Waals surface area contributed by atoms with Gasteiger partial charge < -0.3 is 10.6 Å². The summed E-state index contributed by atoms with van der Waals surface area (Å²) in [5.41, 5.74) is 3.27. The van der Waals surface area contributed by atoms with Gasteiger partial charge in [-0.05, 0) is 49.1 Å². The molecule has 0 amide bonds. The Labute approximate surface area is 211 Å². The number of aromatic amines is 1. The number of nitrogens with one attached hydrogen (secondary N) is 3. The van der Waals surface area contributed by atoms with Crippen LogP contribution in [0.25, 0.3) is 11.4 Å². The summed E-state index contributed by atoms with van der Waals surface area (Å²) in [6, 6.07) is 15.4. The van der Waals surface area contributed by atoms with E-state index in [9.17, 15) is 4.39 Å². The van der Waals surface area contributed by atoms with Gasteiger partial charge in [0.05, 0.1) is 6.54 Å². The molecule has 7 nitrogen and oxygen atoms in total. The standard InChI is InChI=1S/C24H30FN7.HI/c1-2-26-24(27-15-19-4-3-5-20(14-19)23-28-17-29-31-23)30-22-10-12-32(13-11-22)16-18-6-8-21(25)9-7-18;/h3-9,14,17,22H,2,10-13,15-16H2,1H3,(H2,26,27,30)(H,28,29,31);1H. The van der Waals surface area contributed by atoms with Crippen LogP contribution in [0.3, 0.4) is 0 Å². The van der Waals surface area contributed by atoms with Gasteiger partial charge in [-0.3, -0.25) is 10.00 Å². The highest BCUT2D eigenvalue weighted by atomic mass is 127. The minimum Gasteiger partial charge on any atom is -0.357 e. The van der Waals surface area contributed by atoms with E-state index in [1.807, 2.05) is 24.3 Å². The zero-order valence-electron chi connectivity index (χ0n) is 18.8. The molecule has 0 spiro atoms. The van der Waals surface area contributed by atoms with Gasteiger partial charge in [0, 0.05) is 37.8 Å². The second-order valence-corrected chi connectivity index (χ2v) is 8.05. The Hall–Kier alpha value is -2.53. The van der Waals surface area contributed by atoms with E-state index < -0.39 is 0 Å². The molecule has 3 aromatic rings. The number of hydrogen-bond donors (Lipinski definition) is 3. The summed E-state index contributed by atoms with van der Waals surface area (Å²) in [6.45, 7) is 6.35. The fourth-order valence-corrected chi connectivity index (χ4v) is 3.93.